The summed E-state index contributed by atoms with van der Waals surface area (Å²) in [6.45, 7) is 7.27. The molecule has 1 unspecified atom stereocenters. The molecule has 15 heavy (non-hydrogen) atoms. The van der Waals surface area contributed by atoms with Crippen LogP contribution < -0.4 is 5.32 Å². The van der Waals surface area contributed by atoms with Crippen molar-refractivity contribution in [2.45, 2.75) is 33.2 Å². The molecule has 1 nitrogen and oxygen atoms in total. The van der Waals surface area contributed by atoms with Gasteiger partial charge in [-0.3, -0.25) is 0 Å². The molecule has 0 aliphatic heterocycles. The van der Waals surface area contributed by atoms with Crippen LogP contribution in [0.3, 0.4) is 0 Å². The molecule has 0 amide bonds. The quantitative estimate of drug-likeness (QED) is 0.782. The largest absolute Gasteiger partial charge is 0.310 e. The van der Waals surface area contributed by atoms with Crippen LogP contribution in [0.15, 0.2) is 24.3 Å². The van der Waals surface area contributed by atoms with Gasteiger partial charge < -0.3 is 5.32 Å². The summed E-state index contributed by atoms with van der Waals surface area (Å²) < 4.78 is 13.6. The molecule has 0 spiro atoms. The van der Waals surface area contributed by atoms with E-state index in [0.717, 1.165) is 18.5 Å². The SMILES string of the molecule is CCCNC(c1ccccc1F)C(C)C. The van der Waals surface area contributed by atoms with E-state index >= 15 is 0 Å². The van der Waals surface area contributed by atoms with E-state index < -0.39 is 0 Å². The Morgan fingerprint density at radius 1 is 1.27 bits per heavy atom. The molecule has 1 aromatic rings. The Hall–Kier alpha value is -0.890. The second kappa shape index (κ2) is 5.86. The van der Waals surface area contributed by atoms with Crippen molar-refractivity contribution < 1.29 is 4.39 Å². The van der Waals surface area contributed by atoms with Gasteiger partial charge in [0, 0.05) is 11.6 Å². The van der Waals surface area contributed by atoms with Gasteiger partial charge >= 0.3 is 0 Å². The number of rotatable bonds is 5. The molecule has 0 radical (unpaired) electrons. The molecule has 1 atom stereocenters. The van der Waals surface area contributed by atoms with Gasteiger partial charge in [-0.25, -0.2) is 4.39 Å². The Morgan fingerprint density at radius 3 is 2.47 bits per heavy atom. The molecule has 84 valence electrons. The molecule has 2 heteroatoms. The molecule has 1 aromatic carbocycles. The highest BCUT2D eigenvalue weighted by Crippen LogP contribution is 2.23. The van der Waals surface area contributed by atoms with Gasteiger partial charge in [-0.1, -0.05) is 39.0 Å². The first-order chi connectivity index (χ1) is 7.16. The first-order valence-corrected chi connectivity index (χ1v) is 5.64. The average Bonchev–Trinajstić information content (AvgIpc) is 2.20. The Balaban J connectivity index is 2.84. The Labute approximate surface area is 91.7 Å². The van der Waals surface area contributed by atoms with E-state index in [1.807, 2.05) is 12.1 Å². The van der Waals surface area contributed by atoms with Crippen LogP contribution in [0.1, 0.15) is 38.8 Å². The minimum atomic E-state index is -0.111. The minimum Gasteiger partial charge on any atom is -0.310 e. The third kappa shape index (κ3) is 3.31. The Bertz CT molecular complexity index is 296. The van der Waals surface area contributed by atoms with Gasteiger partial charge in [0.25, 0.3) is 0 Å². The van der Waals surface area contributed by atoms with Crippen molar-refractivity contribution in [2.75, 3.05) is 6.54 Å². The summed E-state index contributed by atoms with van der Waals surface area (Å²) in [4.78, 5) is 0. The first-order valence-electron chi connectivity index (χ1n) is 5.64. The number of benzene rings is 1. The molecule has 0 saturated carbocycles. The van der Waals surface area contributed by atoms with Crippen molar-refractivity contribution in [3.05, 3.63) is 35.6 Å². The van der Waals surface area contributed by atoms with Crippen LogP contribution >= 0.6 is 0 Å². The first kappa shape index (κ1) is 12.2. The third-order valence-corrected chi connectivity index (χ3v) is 2.52. The molecule has 1 N–H and O–H groups in total. The maximum Gasteiger partial charge on any atom is 0.127 e. The topological polar surface area (TPSA) is 12.0 Å². The van der Waals surface area contributed by atoms with E-state index in [4.69, 9.17) is 0 Å². The van der Waals surface area contributed by atoms with E-state index in [-0.39, 0.29) is 11.9 Å². The van der Waals surface area contributed by atoms with E-state index in [9.17, 15) is 4.39 Å². The summed E-state index contributed by atoms with van der Waals surface area (Å²) in [6.07, 6.45) is 1.07. The molecule has 0 heterocycles. The lowest BCUT2D eigenvalue weighted by Crippen LogP contribution is -2.27. The fourth-order valence-corrected chi connectivity index (χ4v) is 1.73. The van der Waals surface area contributed by atoms with Crippen molar-refractivity contribution in [3.8, 4) is 0 Å². The van der Waals surface area contributed by atoms with Crippen molar-refractivity contribution in [1.82, 2.24) is 5.32 Å². The fourth-order valence-electron chi connectivity index (χ4n) is 1.73. The van der Waals surface area contributed by atoms with E-state index in [0.29, 0.717) is 5.92 Å². The molecular formula is C13H20FN. The van der Waals surface area contributed by atoms with E-state index in [1.54, 1.807) is 6.07 Å². The van der Waals surface area contributed by atoms with Crippen LogP contribution in [-0.2, 0) is 0 Å². The summed E-state index contributed by atoms with van der Waals surface area (Å²) in [7, 11) is 0. The average molecular weight is 209 g/mol. The van der Waals surface area contributed by atoms with Gasteiger partial charge in [-0.05, 0) is 24.9 Å². The van der Waals surface area contributed by atoms with Gasteiger partial charge in [0.2, 0.25) is 0 Å². The van der Waals surface area contributed by atoms with Crippen molar-refractivity contribution in [2.24, 2.45) is 5.92 Å². The van der Waals surface area contributed by atoms with Crippen LogP contribution in [-0.4, -0.2) is 6.54 Å². The van der Waals surface area contributed by atoms with Gasteiger partial charge in [0.1, 0.15) is 5.82 Å². The van der Waals surface area contributed by atoms with Crippen LogP contribution in [0.25, 0.3) is 0 Å². The number of hydrogen-bond acceptors (Lipinski definition) is 1. The normalized spacial score (nSPS) is 13.1. The van der Waals surface area contributed by atoms with Crippen LogP contribution in [0, 0.1) is 11.7 Å². The zero-order valence-electron chi connectivity index (χ0n) is 9.76. The zero-order valence-corrected chi connectivity index (χ0v) is 9.76. The maximum absolute atomic E-state index is 13.6. The molecule has 0 fully saturated rings. The van der Waals surface area contributed by atoms with Gasteiger partial charge in [0.15, 0.2) is 0 Å². The predicted molar refractivity (Wildman–Crippen MR) is 62.3 cm³/mol. The predicted octanol–water partition coefficient (Wildman–Crippen LogP) is 3.52. The second-order valence-corrected chi connectivity index (χ2v) is 4.20. The van der Waals surface area contributed by atoms with Crippen LogP contribution in [0.4, 0.5) is 4.39 Å². The molecule has 0 bridgehead atoms. The summed E-state index contributed by atoms with van der Waals surface area (Å²) in [5.41, 5.74) is 0.779. The lowest BCUT2D eigenvalue weighted by Gasteiger charge is -2.23. The minimum absolute atomic E-state index is 0.111. The number of hydrogen-bond donors (Lipinski definition) is 1. The highest BCUT2D eigenvalue weighted by Gasteiger charge is 2.17. The van der Waals surface area contributed by atoms with Gasteiger partial charge in [-0.2, -0.15) is 0 Å². The summed E-state index contributed by atoms with van der Waals surface area (Å²) in [5, 5.41) is 3.39. The zero-order chi connectivity index (χ0) is 11.3. The Kier molecular flexibility index (Phi) is 4.76. The third-order valence-electron chi connectivity index (χ3n) is 2.52. The highest BCUT2D eigenvalue weighted by molar-refractivity contribution is 5.21. The van der Waals surface area contributed by atoms with Crippen molar-refractivity contribution in [1.29, 1.82) is 0 Å². The fraction of sp³-hybridized carbons (Fsp3) is 0.538. The molecule has 0 aliphatic rings. The summed E-state index contributed by atoms with van der Waals surface area (Å²) in [5.74, 6) is 0.285. The number of halogens is 1. The van der Waals surface area contributed by atoms with Gasteiger partial charge in [0.05, 0.1) is 0 Å². The molecular weight excluding hydrogens is 189 g/mol. The smallest absolute Gasteiger partial charge is 0.127 e. The summed E-state index contributed by atoms with van der Waals surface area (Å²) in [6, 6.07) is 7.13. The Morgan fingerprint density at radius 2 is 1.93 bits per heavy atom. The van der Waals surface area contributed by atoms with Crippen LogP contribution in [0.5, 0.6) is 0 Å². The standard InChI is InChI=1S/C13H20FN/c1-4-9-15-13(10(2)3)11-7-5-6-8-12(11)14/h5-8,10,13,15H,4,9H2,1-3H3. The van der Waals surface area contributed by atoms with Crippen LogP contribution in [0.2, 0.25) is 0 Å². The van der Waals surface area contributed by atoms with E-state index in [1.165, 1.54) is 6.07 Å². The summed E-state index contributed by atoms with van der Waals surface area (Å²) >= 11 is 0. The van der Waals surface area contributed by atoms with Crippen molar-refractivity contribution in [3.63, 3.8) is 0 Å². The molecule has 0 saturated heterocycles. The molecule has 0 aromatic heterocycles. The number of nitrogens with one attached hydrogen (secondary N) is 1. The lowest BCUT2D eigenvalue weighted by molar-refractivity contribution is 0.398. The second-order valence-electron chi connectivity index (χ2n) is 4.20. The van der Waals surface area contributed by atoms with Gasteiger partial charge in [-0.15, -0.1) is 0 Å². The molecule has 0 aliphatic carbocycles. The maximum atomic E-state index is 13.6. The highest BCUT2D eigenvalue weighted by atomic mass is 19.1. The monoisotopic (exact) mass is 209 g/mol. The van der Waals surface area contributed by atoms with E-state index in [2.05, 4.69) is 26.1 Å². The molecule has 1 rings (SSSR count). The van der Waals surface area contributed by atoms with Crippen molar-refractivity contribution >= 4 is 0 Å². The lowest BCUT2D eigenvalue weighted by atomic mass is 9.95.